The van der Waals surface area contributed by atoms with Crippen molar-refractivity contribution < 1.29 is 4.79 Å². The molecule has 5 heteroatoms. The number of urea groups is 1. The molecule has 5 nitrogen and oxygen atoms in total. The molecule has 2 amide bonds. The summed E-state index contributed by atoms with van der Waals surface area (Å²) < 4.78 is 2.08. The van der Waals surface area contributed by atoms with E-state index in [-0.39, 0.29) is 6.03 Å². The van der Waals surface area contributed by atoms with Crippen LogP contribution in [0, 0.1) is 0 Å². The number of fused-ring (bicyclic) bond motifs is 2. The number of carbonyl (C=O) groups is 1. The molecule has 23 heavy (non-hydrogen) atoms. The number of likely N-dealkylation sites (N-methyl/N-ethyl adjacent to an activating group) is 1. The zero-order valence-corrected chi connectivity index (χ0v) is 13.8. The minimum atomic E-state index is 0.0455. The van der Waals surface area contributed by atoms with E-state index in [0.29, 0.717) is 12.1 Å². The molecule has 3 heterocycles. The molecule has 0 radical (unpaired) electrons. The number of amides is 2. The van der Waals surface area contributed by atoms with Crippen LogP contribution in [0.4, 0.5) is 10.5 Å². The fourth-order valence-electron chi connectivity index (χ4n) is 4.27. The molecular weight excluding hydrogens is 288 g/mol. The number of hydrogen-bond acceptors (Lipinski definition) is 2. The molecule has 0 spiro atoms. The summed E-state index contributed by atoms with van der Waals surface area (Å²) in [6.07, 6.45) is 5.42. The topological polar surface area (TPSA) is 40.5 Å². The standard InChI is InChI=1S/C18H24N4O/c1-20-10-4-7-17-16(20)9-12-22(17)18(23)19-14-5-3-6-15-13(14)8-11-21(15)2/h3,5-6,8,11,16-17H,4,7,9-10,12H2,1-2H3,(H,19,23). The highest BCUT2D eigenvalue weighted by Gasteiger charge is 2.40. The summed E-state index contributed by atoms with van der Waals surface area (Å²) in [6, 6.07) is 9.06. The molecule has 1 N–H and O–H groups in total. The van der Waals surface area contributed by atoms with Crippen molar-refractivity contribution in [3.63, 3.8) is 0 Å². The second kappa shape index (κ2) is 5.57. The maximum absolute atomic E-state index is 12.8. The van der Waals surface area contributed by atoms with Crippen LogP contribution in [0.2, 0.25) is 0 Å². The van der Waals surface area contributed by atoms with Crippen molar-refractivity contribution in [1.82, 2.24) is 14.4 Å². The molecule has 2 saturated heterocycles. The Morgan fingerprint density at radius 2 is 2.00 bits per heavy atom. The number of nitrogens with one attached hydrogen (secondary N) is 1. The van der Waals surface area contributed by atoms with E-state index in [0.717, 1.165) is 42.5 Å². The third kappa shape index (κ3) is 2.39. The lowest BCUT2D eigenvalue weighted by Gasteiger charge is -2.37. The molecule has 0 aliphatic carbocycles. The molecule has 2 aliphatic heterocycles. The lowest BCUT2D eigenvalue weighted by molar-refractivity contribution is 0.129. The SMILES string of the molecule is CN1CCCC2C1CCN2C(=O)Nc1cccc2c1ccn2C. The summed E-state index contributed by atoms with van der Waals surface area (Å²) in [6.45, 7) is 2.01. The van der Waals surface area contributed by atoms with Gasteiger partial charge in [0, 0.05) is 42.8 Å². The van der Waals surface area contributed by atoms with E-state index in [9.17, 15) is 4.79 Å². The summed E-state index contributed by atoms with van der Waals surface area (Å²) >= 11 is 0. The Balaban J connectivity index is 1.56. The normalized spacial score (nSPS) is 24.9. The quantitative estimate of drug-likeness (QED) is 0.879. The number of benzene rings is 1. The Bertz CT molecular complexity index is 738. The van der Waals surface area contributed by atoms with Gasteiger partial charge in [-0.15, -0.1) is 0 Å². The molecule has 0 bridgehead atoms. The van der Waals surface area contributed by atoms with Crippen LogP contribution in [0.3, 0.4) is 0 Å². The molecule has 1 aromatic heterocycles. The summed E-state index contributed by atoms with van der Waals surface area (Å²) in [5.41, 5.74) is 2.04. The van der Waals surface area contributed by atoms with Crippen LogP contribution in [-0.2, 0) is 7.05 Å². The highest BCUT2D eigenvalue weighted by atomic mass is 16.2. The van der Waals surface area contributed by atoms with E-state index in [1.54, 1.807) is 0 Å². The van der Waals surface area contributed by atoms with Crippen LogP contribution in [0.15, 0.2) is 30.5 Å². The highest BCUT2D eigenvalue weighted by molar-refractivity contribution is 6.01. The van der Waals surface area contributed by atoms with Crippen molar-refractivity contribution in [3.8, 4) is 0 Å². The second-order valence-corrected chi connectivity index (χ2v) is 6.83. The fraction of sp³-hybridized carbons (Fsp3) is 0.500. The maximum atomic E-state index is 12.8. The Kier molecular flexibility index (Phi) is 3.53. The molecule has 0 saturated carbocycles. The van der Waals surface area contributed by atoms with Crippen molar-refractivity contribution in [1.29, 1.82) is 0 Å². The van der Waals surface area contributed by atoms with Gasteiger partial charge in [0.25, 0.3) is 0 Å². The summed E-state index contributed by atoms with van der Waals surface area (Å²) in [4.78, 5) is 17.3. The van der Waals surface area contributed by atoms with Crippen molar-refractivity contribution in [2.24, 2.45) is 7.05 Å². The maximum Gasteiger partial charge on any atom is 0.322 e. The van der Waals surface area contributed by atoms with Crippen LogP contribution in [0.25, 0.3) is 10.9 Å². The van der Waals surface area contributed by atoms with Gasteiger partial charge in [-0.3, -0.25) is 0 Å². The first-order valence-corrected chi connectivity index (χ1v) is 8.47. The molecule has 1 aromatic carbocycles. The van der Waals surface area contributed by atoms with Crippen LogP contribution >= 0.6 is 0 Å². The van der Waals surface area contributed by atoms with E-state index >= 15 is 0 Å². The number of likely N-dealkylation sites (tertiary alicyclic amines) is 2. The number of aromatic nitrogens is 1. The second-order valence-electron chi connectivity index (χ2n) is 6.83. The van der Waals surface area contributed by atoms with Gasteiger partial charge >= 0.3 is 6.03 Å². The van der Waals surface area contributed by atoms with Gasteiger partial charge in [-0.2, -0.15) is 0 Å². The van der Waals surface area contributed by atoms with Crippen molar-refractivity contribution in [2.75, 3.05) is 25.5 Å². The van der Waals surface area contributed by atoms with E-state index in [2.05, 4.69) is 34.0 Å². The van der Waals surface area contributed by atoms with Gasteiger partial charge in [-0.1, -0.05) is 6.07 Å². The molecular formula is C18H24N4O. The van der Waals surface area contributed by atoms with Gasteiger partial charge < -0.3 is 19.7 Å². The van der Waals surface area contributed by atoms with E-state index < -0.39 is 0 Å². The van der Waals surface area contributed by atoms with Gasteiger partial charge in [0.2, 0.25) is 0 Å². The Morgan fingerprint density at radius 1 is 1.13 bits per heavy atom. The van der Waals surface area contributed by atoms with E-state index in [1.165, 1.54) is 6.42 Å². The van der Waals surface area contributed by atoms with Crippen molar-refractivity contribution in [3.05, 3.63) is 30.5 Å². The minimum Gasteiger partial charge on any atom is -0.350 e. The predicted octanol–water partition coefficient (Wildman–Crippen LogP) is 2.88. The lowest BCUT2D eigenvalue weighted by atomic mass is 9.98. The molecule has 2 atom stereocenters. The number of carbonyl (C=O) groups excluding carboxylic acids is 1. The number of rotatable bonds is 1. The number of piperidine rings is 1. The van der Waals surface area contributed by atoms with Crippen molar-refractivity contribution >= 4 is 22.6 Å². The fourth-order valence-corrected chi connectivity index (χ4v) is 4.27. The third-order valence-electron chi connectivity index (χ3n) is 5.52. The zero-order chi connectivity index (χ0) is 16.0. The Morgan fingerprint density at radius 3 is 2.87 bits per heavy atom. The van der Waals surface area contributed by atoms with Gasteiger partial charge in [-0.05, 0) is 51.1 Å². The van der Waals surface area contributed by atoms with E-state index in [1.807, 2.05) is 30.3 Å². The van der Waals surface area contributed by atoms with Crippen LogP contribution < -0.4 is 5.32 Å². The minimum absolute atomic E-state index is 0.0455. The first-order chi connectivity index (χ1) is 11.1. The first-order valence-electron chi connectivity index (χ1n) is 8.47. The zero-order valence-electron chi connectivity index (χ0n) is 13.8. The smallest absolute Gasteiger partial charge is 0.322 e. The van der Waals surface area contributed by atoms with Gasteiger partial charge in [0.15, 0.2) is 0 Å². The molecule has 2 aromatic rings. The summed E-state index contributed by atoms with van der Waals surface area (Å²) in [5.74, 6) is 0. The third-order valence-corrected chi connectivity index (χ3v) is 5.52. The molecule has 2 unspecified atom stereocenters. The first kappa shape index (κ1) is 14.6. The van der Waals surface area contributed by atoms with Crippen LogP contribution in [-0.4, -0.2) is 52.6 Å². The number of aryl methyl sites for hydroxylation is 1. The largest absolute Gasteiger partial charge is 0.350 e. The highest BCUT2D eigenvalue weighted by Crippen LogP contribution is 2.31. The summed E-state index contributed by atoms with van der Waals surface area (Å²) in [5, 5.41) is 4.24. The van der Waals surface area contributed by atoms with Crippen LogP contribution in [0.1, 0.15) is 19.3 Å². The molecule has 2 fully saturated rings. The van der Waals surface area contributed by atoms with Gasteiger partial charge in [0.1, 0.15) is 0 Å². The average molecular weight is 312 g/mol. The Hall–Kier alpha value is -2.01. The van der Waals surface area contributed by atoms with Gasteiger partial charge in [-0.25, -0.2) is 4.79 Å². The molecule has 2 aliphatic rings. The summed E-state index contributed by atoms with van der Waals surface area (Å²) in [7, 11) is 4.21. The number of nitrogens with zero attached hydrogens (tertiary/aromatic N) is 3. The molecule has 4 rings (SSSR count). The Labute approximate surface area is 136 Å². The molecule has 122 valence electrons. The van der Waals surface area contributed by atoms with Gasteiger partial charge in [0.05, 0.1) is 5.69 Å². The van der Waals surface area contributed by atoms with E-state index in [4.69, 9.17) is 0 Å². The predicted molar refractivity (Wildman–Crippen MR) is 92.7 cm³/mol. The number of anilines is 1. The monoisotopic (exact) mass is 312 g/mol. The lowest BCUT2D eigenvalue weighted by Crippen LogP contribution is -2.50. The number of hydrogen-bond donors (Lipinski definition) is 1. The average Bonchev–Trinajstić information content (AvgIpc) is 3.13. The van der Waals surface area contributed by atoms with Crippen LogP contribution in [0.5, 0.6) is 0 Å². The van der Waals surface area contributed by atoms with Crippen molar-refractivity contribution in [2.45, 2.75) is 31.3 Å².